The third-order valence-corrected chi connectivity index (χ3v) is 9.96. The van der Waals surface area contributed by atoms with Crippen LogP contribution in [0, 0.1) is 40.4 Å². The molecule has 0 radical (unpaired) electrons. The first-order valence-corrected chi connectivity index (χ1v) is 11.6. The molecule has 0 unspecified atom stereocenters. The van der Waals surface area contributed by atoms with Crippen LogP contribution < -0.4 is 0 Å². The van der Waals surface area contributed by atoms with Crippen LogP contribution in [0.4, 0.5) is 0 Å². The molecule has 27 heavy (non-hydrogen) atoms. The Kier molecular flexibility index (Phi) is 4.83. The van der Waals surface area contributed by atoms with Gasteiger partial charge < -0.3 is 10.2 Å². The SMILES string of the molecule is CCC[C@@]1(O)CC[C@@]2(C)[C@H](CC[C@@H]3[C@@H]2[C@@H](O)C[C@]2(C)[C@@H](C(C)=O)CC[C@@H]32)C1. The van der Waals surface area contributed by atoms with Crippen LogP contribution in [0.2, 0.25) is 0 Å². The van der Waals surface area contributed by atoms with E-state index < -0.39 is 5.60 Å². The predicted molar refractivity (Wildman–Crippen MR) is 107 cm³/mol. The third-order valence-electron chi connectivity index (χ3n) is 9.96. The number of rotatable bonds is 3. The number of carbonyl (C=O) groups is 1. The quantitative estimate of drug-likeness (QED) is 0.748. The molecule has 0 aromatic carbocycles. The van der Waals surface area contributed by atoms with E-state index in [2.05, 4.69) is 20.8 Å². The lowest BCUT2D eigenvalue weighted by molar-refractivity contribution is -0.191. The van der Waals surface area contributed by atoms with E-state index in [1.807, 2.05) is 0 Å². The second kappa shape index (κ2) is 6.55. The molecule has 0 aliphatic heterocycles. The molecule has 4 aliphatic rings. The summed E-state index contributed by atoms with van der Waals surface area (Å²) in [6.07, 6.45) is 9.87. The molecule has 4 fully saturated rings. The second-order valence-corrected chi connectivity index (χ2v) is 11.3. The number of hydrogen-bond acceptors (Lipinski definition) is 3. The Morgan fingerprint density at radius 3 is 2.44 bits per heavy atom. The van der Waals surface area contributed by atoms with Gasteiger partial charge in [-0.25, -0.2) is 0 Å². The maximum atomic E-state index is 12.3. The van der Waals surface area contributed by atoms with E-state index in [1.165, 1.54) is 12.8 Å². The predicted octanol–water partition coefficient (Wildman–Crippen LogP) is 4.74. The minimum Gasteiger partial charge on any atom is -0.393 e. The van der Waals surface area contributed by atoms with Crippen LogP contribution in [0.3, 0.4) is 0 Å². The van der Waals surface area contributed by atoms with Gasteiger partial charge in [0.15, 0.2) is 0 Å². The van der Waals surface area contributed by atoms with Crippen LogP contribution in [-0.4, -0.2) is 27.7 Å². The van der Waals surface area contributed by atoms with Gasteiger partial charge in [-0.05, 0) is 99.2 Å². The van der Waals surface area contributed by atoms with Gasteiger partial charge in [0.25, 0.3) is 0 Å². The Labute approximate surface area is 165 Å². The van der Waals surface area contributed by atoms with Crippen LogP contribution in [0.1, 0.15) is 91.9 Å². The number of Topliss-reactive ketones (excluding diaryl/α,β-unsaturated/α-hetero) is 1. The second-order valence-electron chi connectivity index (χ2n) is 11.3. The average molecular weight is 377 g/mol. The van der Waals surface area contributed by atoms with Gasteiger partial charge >= 0.3 is 0 Å². The van der Waals surface area contributed by atoms with Crippen molar-refractivity contribution in [3.63, 3.8) is 0 Å². The van der Waals surface area contributed by atoms with Gasteiger partial charge in [0, 0.05) is 5.92 Å². The van der Waals surface area contributed by atoms with E-state index in [0.29, 0.717) is 29.5 Å². The highest BCUT2D eigenvalue weighted by Crippen LogP contribution is 2.68. The summed E-state index contributed by atoms with van der Waals surface area (Å²) in [5.41, 5.74) is -0.335. The largest absolute Gasteiger partial charge is 0.393 e. The molecule has 154 valence electrons. The molecule has 4 rings (SSSR count). The molecule has 0 aromatic rings. The minimum atomic E-state index is -0.479. The minimum absolute atomic E-state index is 0.00672. The van der Waals surface area contributed by atoms with Crippen molar-refractivity contribution in [3.05, 3.63) is 0 Å². The van der Waals surface area contributed by atoms with Crippen molar-refractivity contribution in [1.82, 2.24) is 0 Å². The number of aliphatic hydroxyl groups excluding tert-OH is 1. The van der Waals surface area contributed by atoms with Gasteiger partial charge in [-0.1, -0.05) is 27.2 Å². The number of ketones is 1. The molecule has 4 saturated carbocycles. The van der Waals surface area contributed by atoms with Crippen LogP contribution >= 0.6 is 0 Å². The molecule has 4 aliphatic carbocycles. The van der Waals surface area contributed by atoms with Crippen molar-refractivity contribution >= 4 is 5.78 Å². The first-order chi connectivity index (χ1) is 12.6. The normalized spacial score (nSPS) is 54.7. The Balaban J connectivity index is 1.62. The Bertz CT molecular complexity index is 602. The van der Waals surface area contributed by atoms with E-state index in [1.54, 1.807) is 6.92 Å². The maximum Gasteiger partial charge on any atom is 0.133 e. The highest BCUT2D eigenvalue weighted by molar-refractivity contribution is 5.79. The van der Waals surface area contributed by atoms with Gasteiger partial charge in [-0.3, -0.25) is 4.79 Å². The third kappa shape index (κ3) is 2.86. The smallest absolute Gasteiger partial charge is 0.133 e. The Morgan fingerprint density at radius 2 is 1.78 bits per heavy atom. The standard InChI is InChI=1S/C24H40O3/c1-5-10-24(27)12-11-22(3)16(13-24)6-7-17-19-9-8-18(15(2)25)23(19,4)14-20(26)21(17)22/h16-21,26-27H,5-14H2,1-4H3/t16-,17+,18-,19+,20+,21-,22+,23-,24-/m1/s1. The highest BCUT2D eigenvalue weighted by Gasteiger charge is 2.64. The zero-order valence-corrected chi connectivity index (χ0v) is 17.8. The number of carbonyl (C=O) groups excluding carboxylic acids is 1. The zero-order chi connectivity index (χ0) is 19.6. The molecule has 3 heteroatoms. The molecule has 0 saturated heterocycles. The molecule has 2 N–H and O–H groups in total. The molecular formula is C24H40O3. The van der Waals surface area contributed by atoms with E-state index in [0.717, 1.165) is 51.4 Å². The van der Waals surface area contributed by atoms with Gasteiger partial charge in [0.05, 0.1) is 11.7 Å². The van der Waals surface area contributed by atoms with Gasteiger partial charge in [0.1, 0.15) is 5.78 Å². The van der Waals surface area contributed by atoms with Gasteiger partial charge in [0.2, 0.25) is 0 Å². The molecule has 0 aromatic heterocycles. The number of aliphatic hydroxyl groups is 2. The summed E-state index contributed by atoms with van der Waals surface area (Å²) >= 11 is 0. The summed E-state index contributed by atoms with van der Waals surface area (Å²) in [5.74, 6) is 2.51. The summed E-state index contributed by atoms with van der Waals surface area (Å²) in [7, 11) is 0. The molecular weight excluding hydrogens is 336 g/mol. The molecule has 3 nitrogen and oxygen atoms in total. The lowest BCUT2D eigenvalue weighted by Crippen LogP contribution is -2.60. The highest BCUT2D eigenvalue weighted by atomic mass is 16.3. The topological polar surface area (TPSA) is 57.5 Å². The van der Waals surface area contributed by atoms with E-state index >= 15 is 0 Å². The van der Waals surface area contributed by atoms with Crippen LogP contribution in [0.5, 0.6) is 0 Å². The summed E-state index contributed by atoms with van der Waals surface area (Å²) in [4.78, 5) is 12.3. The lowest BCUT2D eigenvalue weighted by atomic mass is 9.43. The summed E-state index contributed by atoms with van der Waals surface area (Å²) in [5, 5.41) is 22.5. The summed E-state index contributed by atoms with van der Waals surface area (Å²) < 4.78 is 0. The van der Waals surface area contributed by atoms with Gasteiger partial charge in [-0.2, -0.15) is 0 Å². The monoisotopic (exact) mass is 376 g/mol. The summed E-state index contributed by atoms with van der Waals surface area (Å²) in [6, 6.07) is 0. The van der Waals surface area contributed by atoms with Crippen molar-refractivity contribution in [2.45, 2.75) is 104 Å². The van der Waals surface area contributed by atoms with Crippen molar-refractivity contribution in [1.29, 1.82) is 0 Å². The van der Waals surface area contributed by atoms with Crippen LogP contribution in [0.15, 0.2) is 0 Å². The van der Waals surface area contributed by atoms with Crippen molar-refractivity contribution in [2.75, 3.05) is 0 Å². The first-order valence-electron chi connectivity index (χ1n) is 11.6. The molecule has 9 atom stereocenters. The summed E-state index contributed by atoms with van der Waals surface area (Å²) in [6.45, 7) is 8.64. The Morgan fingerprint density at radius 1 is 1.04 bits per heavy atom. The average Bonchev–Trinajstić information content (AvgIpc) is 2.92. The molecule has 0 spiro atoms. The van der Waals surface area contributed by atoms with Crippen molar-refractivity contribution < 1.29 is 15.0 Å². The fourth-order valence-electron chi connectivity index (χ4n) is 8.81. The van der Waals surface area contributed by atoms with Gasteiger partial charge in [-0.15, -0.1) is 0 Å². The number of fused-ring (bicyclic) bond motifs is 5. The first kappa shape index (κ1) is 19.9. The van der Waals surface area contributed by atoms with Crippen LogP contribution in [-0.2, 0) is 4.79 Å². The number of hydrogen-bond donors (Lipinski definition) is 2. The molecule has 0 bridgehead atoms. The fraction of sp³-hybridized carbons (Fsp3) is 0.958. The lowest BCUT2D eigenvalue weighted by Gasteiger charge is -2.63. The molecule has 0 heterocycles. The van der Waals surface area contributed by atoms with E-state index in [4.69, 9.17) is 0 Å². The molecule has 0 amide bonds. The maximum absolute atomic E-state index is 12.3. The van der Waals surface area contributed by atoms with Crippen LogP contribution in [0.25, 0.3) is 0 Å². The Hall–Kier alpha value is -0.410. The fourth-order valence-corrected chi connectivity index (χ4v) is 8.81. The van der Waals surface area contributed by atoms with E-state index in [-0.39, 0.29) is 22.9 Å². The van der Waals surface area contributed by atoms with E-state index in [9.17, 15) is 15.0 Å². The van der Waals surface area contributed by atoms with Crippen molar-refractivity contribution in [2.24, 2.45) is 40.4 Å². The zero-order valence-electron chi connectivity index (χ0n) is 17.8. The van der Waals surface area contributed by atoms with Crippen molar-refractivity contribution in [3.8, 4) is 0 Å².